The van der Waals surface area contributed by atoms with Gasteiger partial charge in [0.15, 0.2) is 6.73 Å². The number of alkyl carbamates (subject to hydrolysis) is 1. The summed E-state index contributed by atoms with van der Waals surface area (Å²) in [5.74, 6) is -3.89. The van der Waals surface area contributed by atoms with Gasteiger partial charge in [-0.2, -0.15) is 0 Å². The standard InChI is InChI=1S/C24H29N3O8/c1-13(2)18(25-23(33)35-24(3,4)5)22(32)34-12-26-17(28)11-10-16(21(26)31)27-19(29)14-8-6-7-9-15(14)20(27)30/h6-9,13,16,18H,10-12H2,1-5H3,(H,25,33). The molecule has 0 spiro atoms. The zero-order chi connectivity index (χ0) is 26.1. The molecule has 188 valence electrons. The maximum atomic E-state index is 13.1. The molecule has 0 aromatic heterocycles. The van der Waals surface area contributed by atoms with Gasteiger partial charge in [-0.15, -0.1) is 0 Å². The molecule has 3 rings (SSSR count). The highest BCUT2D eigenvalue weighted by molar-refractivity contribution is 6.23. The minimum absolute atomic E-state index is 0.0254. The third kappa shape index (κ3) is 5.50. The summed E-state index contributed by atoms with van der Waals surface area (Å²) >= 11 is 0. The lowest BCUT2D eigenvalue weighted by Gasteiger charge is -2.34. The van der Waals surface area contributed by atoms with Gasteiger partial charge < -0.3 is 14.8 Å². The minimum Gasteiger partial charge on any atom is -0.444 e. The van der Waals surface area contributed by atoms with Gasteiger partial charge in [0.05, 0.1) is 11.1 Å². The quantitative estimate of drug-likeness (QED) is 0.474. The van der Waals surface area contributed by atoms with Gasteiger partial charge in [0.25, 0.3) is 17.7 Å². The molecule has 2 heterocycles. The lowest BCUT2D eigenvalue weighted by atomic mass is 10.0. The van der Waals surface area contributed by atoms with Crippen LogP contribution in [0.15, 0.2) is 24.3 Å². The predicted octanol–water partition coefficient (Wildman–Crippen LogP) is 1.85. The third-order valence-electron chi connectivity index (χ3n) is 5.55. The molecule has 0 aliphatic carbocycles. The number of amides is 5. The molecule has 1 saturated heterocycles. The van der Waals surface area contributed by atoms with Gasteiger partial charge in [0.1, 0.15) is 17.7 Å². The molecule has 35 heavy (non-hydrogen) atoms. The van der Waals surface area contributed by atoms with E-state index in [4.69, 9.17) is 9.47 Å². The van der Waals surface area contributed by atoms with E-state index in [-0.39, 0.29) is 29.9 Å². The molecule has 11 heteroatoms. The summed E-state index contributed by atoms with van der Waals surface area (Å²) < 4.78 is 10.4. The van der Waals surface area contributed by atoms with Crippen molar-refractivity contribution in [1.82, 2.24) is 15.1 Å². The Hall–Kier alpha value is -3.76. The number of ether oxygens (including phenoxy) is 2. The first-order chi connectivity index (χ1) is 16.3. The Labute approximate surface area is 202 Å². The molecular formula is C24H29N3O8. The first-order valence-electron chi connectivity index (χ1n) is 11.3. The monoisotopic (exact) mass is 487 g/mol. The van der Waals surface area contributed by atoms with E-state index in [1.807, 2.05) is 0 Å². The average Bonchev–Trinajstić information content (AvgIpc) is 3.01. The molecule has 2 atom stereocenters. The summed E-state index contributed by atoms with van der Waals surface area (Å²) in [6.07, 6.45) is -0.961. The van der Waals surface area contributed by atoms with Crippen molar-refractivity contribution in [3.05, 3.63) is 35.4 Å². The van der Waals surface area contributed by atoms with Crippen molar-refractivity contribution in [1.29, 1.82) is 0 Å². The molecule has 0 saturated carbocycles. The molecule has 5 amide bonds. The van der Waals surface area contributed by atoms with Crippen LogP contribution in [-0.2, 0) is 23.9 Å². The number of carbonyl (C=O) groups excluding carboxylic acids is 6. The van der Waals surface area contributed by atoms with Crippen LogP contribution < -0.4 is 5.32 Å². The van der Waals surface area contributed by atoms with Gasteiger partial charge in [-0.3, -0.25) is 24.1 Å². The first-order valence-corrected chi connectivity index (χ1v) is 11.3. The van der Waals surface area contributed by atoms with Crippen LogP contribution in [0.5, 0.6) is 0 Å². The largest absolute Gasteiger partial charge is 0.444 e. The molecule has 0 bridgehead atoms. The zero-order valence-corrected chi connectivity index (χ0v) is 20.3. The number of benzene rings is 1. The number of likely N-dealkylation sites (tertiary alicyclic amines) is 1. The zero-order valence-electron chi connectivity index (χ0n) is 20.3. The summed E-state index contributed by atoms with van der Waals surface area (Å²) in [4.78, 5) is 77.4. The maximum absolute atomic E-state index is 13.1. The topological polar surface area (TPSA) is 139 Å². The van der Waals surface area contributed by atoms with E-state index in [0.717, 1.165) is 4.90 Å². The van der Waals surface area contributed by atoms with Gasteiger partial charge >= 0.3 is 12.1 Å². The molecule has 1 aromatic carbocycles. The average molecular weight is 488 g/mol. The molecule has 1 fully saturated rings. The summed E-state index contributed by atoms with van der Waals surface area (Å²) in [6.45, 7) is 7.67. The Kier molecular flexibility index (Phi) is 7.27. The second kappa shape index (κ2) is 9.85. The Bertz CT molecular complexity index is 1040. The molecular weight excluding hydrogens is 458 g/mol. The predicted molar refractivity (Wildman–Crippen MR) is 121 cm³/mol. The number of carbonyl (C=O) groups is 6. The highest BCUT2D eigenvalue weighted by Crippen LogP contribution is 2.29. The van der Waals surface area contributed by atoms with Crippen LogP contribution in [-0.4, -0.2) is 69.9 Å². The Morgan fingerprint density at radius 2 is 1.63 bits per heavy atom. The van der Waals surface area contributed by atoms with Crippen molar-refractivity contribution in [2.75, 3.05) is 6.73 Å². The number of hydrogen-bond acceptors (Lipinski definition) is 8. The first kappa shape index (κ1) is 25.9. The van der Waals surface area contributed by atoms with Crippen LogP contribution in [0.1, 0.15) is 68.2 Å². The van der Waals surface area contributed by atoms with Crippen LogP contribution in [0.25, 0.3) is 0 Å². The molecule has 2 unspecified atom stereocenters. The molecule has 11 nitrogen and oxygen atoms in total. The second-order valence-electron chi connectivity index (χ2n) is 9.70. The number of piperidine rings is 1. The summed E-state index contributed by atoms with van der Waals surface area (Å²) in [5.41, 5.74) is -0.400. The van der Waals surface area contributed by atoms with Crippen LogP contribution in [0, 0.1) is 5.92 Å². The van der Waals surface area contributed by atoms with Crippen molar-refractivity contribution in [3.63, 3.8) is 0 Å². The number of nitrogens with one attached hydrogen (secondary N) is 1. The smallest absolute Gasteiger partial charge is 0.408 e. The molecule has 0 radical (unpaired) electrons. The van der Waals surface area contributed by atoms with E-state index in [1.54, 1.807) is 46.8 Å². The fraction of sp³-hybridized carbons (Fsp3) is 0.500. The van der Waals surface area contributed by atoms with Crippen LogP contribution in [0.4, 0.5) is 4.79 Å². The van der Waals surface area contributed by atoms with E-state index in [0.29, 0.717) is 4.90 Å². The lowest BCUT2D eigenvalue weighted by molar-refractivity contribution is -0.165. The fourth-order valence-electron chi connectivity index (χ4n) is 3.84. The van der Waals surface area contributed by atoms with Crippen LogP contribution in [0.2, 0.25) is 0 Å². The number of hydrogen-bond donors (Lipinski definition) is 1. The van der Waals surface area contributed by atoms with E-state index in [1.165, 1.54) is 12.1 Å². The summed E-state index contributed by atoms with van der Waals surface area (Å²) in [6, 6.07) is 3.94. The van der Waals surface area contributed by atoms with Crippen molar-refractivity contribution in [2.24, 2.45) is 5.92 Å². The Morgan fingerprint density at radius 1 is 1.06 bits per heavy atom. The molecule has 2 aliphatic rings. The summed E-state index contributed by atoms with van der Waals surface area (Å²) in [7, 11) is 0. The molecule has 1 N–H and O–H groups in total. The number of nitrogens with zero attached hydrogens (tertiary/aromatic N) is 2. The van der Waals surface area contributed by atoms with E-state index in [9.17, 15) is 28.8 Å². The van der Waals surface area contributed by atoms with E-state index >= 15 is 0 Å². The SMILES string of the molecule is CC(C)C(NC(=O)OC(C)(C)C)C(=O)OCN1C(=O)CCC(N2C(=O)c3ccccc3C2=O)C1=O. The second-order valence-corrected chi connectivity index (χ2v) is 9.70. The number of esters is 1. The van der Waals surface area contributed by atoms with E-state index in [2.05, 4.69) is 5.32 Å². The minimum atomic E-state index is -1.19. The third-order valence-corrected chi connectivity index (χ3v) is 5.55. The maximum Gasteiger partial charge on any atom is 0.408 e. The number of rotatable bonds is 6. The van der Waals surface area contributed by atoms with E-state index < -0.39 is 60.1 Å². The fourth-order valence-corrected chi connectivity index (χ4v) is 3.84. The number of fused-ring (bicyclic) bond motifs is 1. The van der Waals surface area contributed by atoms with Gasteiger partial charge in [0.2, 0.25) is 5.91 Å². The van der Waals surface area contributed by atoms with Crippen LogP contribution >= 0.6 is 0 Å². The molecule has 2 aliphatic heterocycles. The van der Waals surface area contributed by atoms with Gasteiger partial charge in [-0.1, -0.05) is 26.0 Å². The normalized spacial score (nSPS) is 19.1. The highest BCUT2D eigenvalue weighted by atomic mass is 16.6. The van der Waals surface area contributed by atoms with Crippen molar-refractivity contribution >= 4 is 35.7 Å². The van der Waals surface area contributed by atoms with Crippen molar-refractivity contribution < 1.29 is 38.2 Å². The Balaban J connectivity index is 1.68. The van der Waals surface area contributed by atoms with Crippen LogP contribution in [0.3, 0.4) is 0 Å². The lowest BCUT2D eigenvalue weighted by Crippen LogP contribution is -2.57. The van der Waals surface area contributed by atoms with Gasteiger partial charge in [-0.25, -0.2) is 14.5 Å². The molecule has 1 aromatic rings. The number of imide groups is 2. The van der Waals surface area contributed by atoms with Gasteiger partial charge in [0, 0.05) is 6.42 Å². The van der Waals surface area contributed by atoms with Crippen molar-refractivity contribution in [3.8, 4) is 0 Å². The highest BCUT2D eigenvalue weighted by Gasteiger charge is 2.47. The van der Waals surface area contributed by atoms with Crippen molar-refractivity contribution in [2.45, 2.75) is 65.1 Å². The van der Waals surface area contributed by atoms with Gasteiger partial charge in [-0.05, 0) is 45.2 Å². The summed E-state index contributed by atoms with van der Waals surface area (Å²) in [5, 5.41) is 2.44. The Morgan fingerprint density at radius 3 is 2.14 bits per heavy atom.